The van der Waals surface area contributed by atoms with Gasteiger partial charge in [0.1, 0.15) is 6.04 Å². The highest BCUT2D eigenvalue weighted by atomic mass is 19.4. The summed E-state index contributed by atoms with van der Waals surface area (Å²) in [5.74, 6) is -2.57. The zero-order valence-corrected chi connectivity index (χ0v) is 24.9. The third-order valence-electron chi connectivity index (χ3n) is 8.27. The molecule has 234 valence electrons. The van der Waals surface area contributed by atoms with Crippen LogP contribution in [0.25, 0.3) is 10.9 Å². The van der Waals surface area contributed by atoms with E-state index in [0.29, 0.717) is 22.9 Å². The Kier molecular flexibility index (Phi) is 9.80. The van der Waals surface area contributed by atoms with Gasteiger partial charge in [-0.2, -0.15) is 13.2 Å². The van der Waals surface area contributed by atoms with E-state index in [4.69, 9.17) is 0 Å². The number of hydrogen-bond acceptors (Lipinski definition) is 4. The number of aromatic nitrogens is 1. The average Bonchev–Trinajstić information content (AvgIpc) is 3.03. The first-order chi connectivity index (χ1) is 21.6. The molecule has 1 N–H and O–H groups in total. The second-order valence-electron chi connectivity index (χ2n) is 11.4. The van der Waals surface area contributed by atoms with Crippen molar-refractivity contribution in [3.05, 3.63) is 114 Å². The van der Waals surface area contributed by atoms with Crippen molar-refractivity contribution in [2.45, 2.75) is 63.5 Å². The molecule has 1 aliphatic heterocycles. The minimum absolute atomic E-state index is 0.130. The van der Waals surface area contributed by atoms with E-state index in [0.717, 1.165) is 16.0 Å². The first-order valence-electron chi connectivity index (χ1n) is 15.0. The molecule has 4 aromatic rings. The van der Waals surface area contributed by atoms with Crippen molar-refractivity contribution in [1.82, 2.24) is 20.1 Å². The Hall–Kier alpha value is -4.73. The molecule has 3 aromatic carbocycles. The van der Waals surface area contributed by atoms with Crippen LogP contribution in [-0.4, -0.2) is 63.4 Å². The number of piperidine rings is 1. The highest BCUT2D eigenvalue weighted by Gasteiger charge is 2.47. The fourth-order valence-electron chi connectivity index (χ4n) is 6.18. The molecule has 0 radical (unpaired) electrons. The topological polar surface area (TPSA) is 82.6 Å². The molecule has 0 spiro atoms. The number of carbonyl (C=O) groups excluding carboxylic acids is 3. The first kappa shape index (κ1) is 31.7. The van der Waals surface area contributed by atoms with Crippen molar-refractivity contribution >= 4 is 28.6 Å². The molecule has 10 heteroatoms. The van der Waals surface area contributed by atoms with Gasteiger partial charge in [-0.15, -0.1) is 0 Å². The maximum atomic E-state index is 14.1. The molecule has 2 heterocycles. The fraction of sp³-hybridized carbons (Fsp3) is 0.314. The molecule has 0 saturated carbocycles. The summed E-state index contributed by atoms with van der Waals surface area (Å²) in [5.41, 5.74) is 2.96. The van der Waals surface area contributed by atoms with E-state index < -0.39 is 30.2 Å². The number of halogens is 3. The lowest BCUT2D eigenvalue weighted by Gasteiger charge is -2.45. The van der Waals surface area contributed by atoms with Crippen LogP contribution in [0.4, 0.5) is 13.2 Å². The van der Waals surface area contributed by atoms with Crippen LogP contribution in [-0.2, 0) is 33.8 Å². The highest BCUT2D eigenvalue weighted by molar-refractivity contribution is 5.88. The van der Waals surface area contributed by atoms with Crippen molar-refractivity contribution in [2.24, 2.45) is 0 Å². The Morgan fingerprint density at radius 2 is 1.58 bits per heavy atom. The number of hydrogen-bond donors (Lipinski definition) is 1. The van der Waals surface area contributed by atoms with Gasteiger partial charge in [0.15, 0.2) is 0 Å². The standard InChI is InChI=1S/C35H35F3N4O3/c1-24(43)40-32(21-26-12-6-3-7-13-26)33(44)41-19-17-28(22-29(41)20-25-10-4-2-5-11-25)42(34(45)35(36,37)38)23-27-16-18-39-31-15-9-8-14-30(27)31/h2-16,18,28-29,32H,17,19-23H2,1H3,(H,40,43)/t28?,29?,32-/m1/s1. The molecule has 0 aliphatic carbocycles. The Morgan fingerprint density at radius 1 is 0.933 bits per heavy atom. The lowest BCUT2D eigenvalue weighted by molar-refractivity contribution is -0.190. The molecule has 5 rings (SSSR count). The molecule has 1 fully saturated rings. The Bertz CT molecular complexity index is 1630. The van der Waals surface area contributed by atoms with E-state index in [1.165, 1.54) is 13.1 Å². The predicted octanol–water partition coefficient (Wildman–Crippen LogP) is 5.48. The second kappa shape index (κ2) is 13.9. The van der Waals surface area contributed by atoms with Gasteiger partial charge in [-0.05, 0) is 48.1 Å². The van der Waals surface area contributed by atoms with E-state index in [9.17, 15) is 27.6 Å². The SMILES string of the molecule is CC(=O)N[C@H](Cc1ccccc1)C(=O)N1CCC(N(Cc2ccnc3ccccc23)C(=O)C(F)(F)F)CC1Cc1ccccc1. The van der Waals surface area contributed by atoms with Gasteiger partial charge >= 0.3 is 12.1 Å². The summed E-state index contributed by atoms with van der Waals surface area (Å²) >= 11 is 0. The maximum absolute atomic E-state index is 14.1. The van der Waals surface area contributed by atoms with E-state index in [-0.39, 0.29) is 44.2 Å². The number of likely N-dealkylation sites (tertiary alicyclic amines) is 1. The molecule has 0 bridgehead atoms. The zero-order valence-electron chi connectivity index (χ0n) is 24.9. The maximum Gasteiger partial charge on any atom is 0.471 e. The van der Waals surface area contributed by atoms with Gasteiger partial charge in [-0.25, -0.2) is 0 Å². The third-order valence-corrected chi connectivity index (χ3v) is 8.27. The van der Waals surface area contributed by atoms with Gasteiger partial charge in [-0.1, -0.05) is 78.9 Å². The van der Waals surface area contributed by atoms with E-state index >= 15 is 0 Å². The lowest BCUT2D eigenvalue weighted by atomic mass is 9.89. The number of nitrogens with zero attached hydrogens (tertiary/aromatic N) is 3. The number of carbonyl (C=O) groups is 3. The first-order valence-corrected chi connectivity index (χ1v) is 15.0. The Labute approximate surface area is 260 Å². The summed E-state index contributed by atoms with van der Waals surface area (Å²) in [5, 5.41) is 3.46. The molecular weight excluding hydrogens is 581 g/mol. The van der Waals surface area contributed by atoms with Crippen LogP contribution >= 0.6 is 0 Å². The predicted molar refractivity (Wildman–Crippen MR) is 165 cm³/mol. The van der Waals surface area contributed by atoms with Crippen LogP contribution in [0.1, 0.15) is 36.5 Å². The zero-order chi connectivity index (χ0) is 32.0. The number of para-hydroxylation sites is 1. The molecule has 1 aromatic heterocycles. The molecule has 2 unspecified atom stereocenters. The van der Waals surface area contributed by atoms with Gasteiger partial charge in [0, 0.05) is 50.1 Å². The molecular formula is C35H35F3N4O3. The van der Waals surface area contributed by atoms with E-state index in [1.54, 1.807) is 35.2 Å². The number of pyridine rings is 1. The highest BCUT2D eigenvalue weighted by Crippen LogP contribution is 2.31. The summed E-state index contributed by atoms with van der Waals surface area (Å²) in [6, 6.07) is 25.4. The fourth-order valence-corrected chi connectivity index (χ4v) is 6.18. The Balaban J connectivity index is 1.46. The largest absolute Gasteiger partial charge is 0.471 e. The monoisotopic (exact) mass is 616 g/mol. The number of amides is 3. The van der Waals surface area contributed by atoms with Crippen molar-refractivity contribution in [1.29, 1.82) is 0 Å². The van der Waals surface area contributed by atoms with Crippen molar-refractivity contribution in [2.75, 3.05) is 6.54 Å². The lowest BCUT2D eigenvalue weighted by Crippen LogP contribution is -2.59. The second-order valence-corrected chi connectivity index (χ2v) is 11.4. The quantitative estimate of drug-likeness (QED) is 0.270. The van der Waals surface area contributed by atoms with E-state index in [1.807, 2.05) is 60.7 Å². The number of rotatable bonds is 9. The summed E-state index contributed by atoms with van der Waals surface area (Å²) in [6.07, 6.45) is -2.60. The van der Waals surface area contributed by atoms with Crippen LogP contribution in [0.15, 0.2) is 97.2 Å². The smallest absolute Gasteiger partial charge is 0.344 e. The van der Waals surface area contributed by atoms with Gasteiger partial charge in [0.2, 0.25) is 11.8 Å². The summed E-state index contributed by atoms with van der Waals surface area (Å²) in [7, 11) is 0. The van der Waals surface area contributed by atoms with Crippen molar-refractivity contribution < 1.29 is 27.6 Å². The minimum atomic E-state index is -5.07. The number of fused-ring (bicyclic) bond motifs is 1. The summed E-state index contributed by atoms with van der Waals surface area (Å²) < 4.78 is 42.1. The van der Waals surface area contributed by atoms with Crippen LogP contribution in [0.5, 0.6) is 0 Å². The molecule has 45 heavy (non-hydrogen) atoms. The molecule has 3 amide bonds. The minimum Gasteiger partial charge on any atom is -0.344 e. The molecule has 1 saturated heterocycles. The molecule has 3 atom stereocenters. The van der Waals surface area contributed by atoms with E-state index in [2.05, 4.69) is 10.3 Å². The van der Waals surface area contributed by atoms with Crippen LogP contribution in [0.2, 0.25) is 0 Å². The Morgan fingerprint density at radius 3 is 2.24 bits per heavy atom. The van der Waals surface area contributed by atoms with Gasteiger partial charge in [0.25, 0.3) is 0 Å². The summed E-state index contributed by atoms with van der Waals surface area (Å²) in [4.78, 5) is 46.1. The van der Waals surface area contributed by atoms with Gasteiger partial charge in [-0.3, -0.25) is 19.4 Å². The van der Waals surface area contributed by atoms with Crippen LogP contribution in [0.3, 0.4) is 0 Å². The van der Waals surface area contributed by atoms with Crippen LogP contribution in [0, 0.1) is 0 Å². The van der Waals surface area contributed by atoms with Gasteiger partial charge < -0.3 is 15.1 Å². The third kappa shape index (κ3) is 7.87. The summed E-state index contributed by atoms with van der Waals surface area (Å²) in [6.45, 7) is 1.23. The number of benzene rings is 3. The molecule has 7 nitrogen and oxygen atoms in total. The normalized spacial score (nSPS) is 17.5. The number of alkyl halides is 3. The van der Waals surface area contributed by atoms with Crippen molar-refractivity contribution in [3.63, 3.8) is 0 Å². The average molecular weight is 617 g/mol. The van der Waals surface area contributed by atoms with Crippen molar-refractivity contribution in [3.8, 4) is 0 Å². The van der Waals surface area contributed by atoms with Gasteiger partial charge in [0.05, 0.1) is 5.52 Å². The van der Waals surface area contributed by atoms with Crippen LogP contribution < -0.4 is 5.32 Å². The number of nitrogens with one attached hydrogen (secondary N) is 1. The molecule has 1 aliphatic rings.